The van der Waals surface area contributed by atoms with Gasteiger partial charge in [0.2, 0.25) is 0 Å². The first kappa shape index (κ1) is 44.4. The number of hydrogen-bond acceptors (Lipinski definition) is 0. The number of unbranched alkanes of at least 4 members (excludes halogenated alkanes) is 35. The third-order valence-corrected chi connectivity index (χ3v) is 14.1. The quantitative estimate of drug-likeness (QED) is 0.0464. The number of hydrogen-bond donors (Lipinski definition) is 0. The van der Waals surface area contributed by atoms with E-state index in [1.807, 2.05) is 0 Å². The van der Waals surface area contributed by atoms with E-state index in [0.717, 1.165) is 0 Å². The van der Waals surface area contributed by atoms with Crippen LogP contribution < -0.4 is 0 Å². The summed E-state index contributed by atoms with van der Waals surface area (Å²) in [4.78, 5) is 0. The molecule has 0 aliphatic carbocycles. The normalized spacial score (nSPS) is 12.4. The minimum atomic E-state index is -0.926. The topological polar surface area (TPSA) is 0 Å². The molecule has 0 saturated heterocycles. The van der Waals surface area contributed by atoms with Crippen LogP contribution in [0.3, 0.4) is 0 Å². The van der Waals surface area contributed by atoms with Gasteiger partial charge in [-0.1, -0.05) is 110 Å². The first-order valence-corrected chi connectivity index (χ1v) is 25.0. The van der Waals surface area contributed by atoms with Gasteiger partial charge in [0, 0.05) is 0 Å². The van der Waals surface area contributed by atoms with Gasteiger partial charge in [-0.25, -0.2) is 0 Å². The van der Waals surface area contributed by atoms with Crippen LogP contribution >= 0.6 is 7.26 Å². The van der Waals surface area contributed by atoms with E-state index in [0.29, 0.717) is 0 Å². The van der Waals surface area contributed by atoms with Crippen molar-refractivity contribution in [3.8, 4) is 0 Å². The Morgan fingerprint density at radius 1 is 0.205 bits per heavy atom. The summed E-state index contributed by atoms with van der Waals surface area (Å²) in [6.07, 6.45) is 58.1. The molecular formula is C43H91P. The maximum atomic E-state index is 2.68. The molecule has 0 spiro atoms. The van der Waals surface area contributed by atoms with Crippen molar-refractivity contribution in [2.75, 3.05) is 25.7 Å². The van der Waals surface area contributed by atoms with Crippen LogP contribution in [0, 0.1) is 0 Å². The summed E-state index contributed by atoms with van der Waals surface area (Å²) in [6.45, 7) is 9.98. The Morgan fingerprint density at radius 2 is 0.341 bits per heavy atom. The molecule has 0 fully saturated rings. The molecule has 0 aromatic heterocycles. The standard InChI is InChI=1S/C43H91P/c1-5-7-9-11-13-15-17-19-21-23-25-27-29-31-33-35-37-39-41-43-44(3,4)42-40-38-36-34-32-30-28-26-24-22-20-18-16-14-12-10-8-6-2/h44H,5-43H2,1-4H3. The van der Waals surface area contributed by atoms with Crippen molar-refractivity contribution in [3.05, 3.63) is 0 Å². The van der Waals surface area contributed by atoms with Crippen LogP contribution in [0.1, 0.15) is 251 Å². The fourth-order valence-corrected chi connectivity index (χ4v) is 9.98. The minimum absolute atomic E-state index is 0.926. The fraction of sp³-hybridized carbons (Fsp3) is 1.00. The van der Waals surface area contributed by atoms with E-state index in [4.69, 9.17) is 0 Å². The zero-order valence-electron chi connectivity index (χ0n) is 32.1. The summed E-state index contributed by atoms with van der Waals surface area (Å²) in [6, 6.07) is 0. The van der Waals surface area contributed by atoms with Crippen molar-refractivity contribution < 1.29 is 0 Å². The number of rotatable bonds is 39. The second-order valence-corrected chi connectivity index (χ2v) is 21.4. The van der Waals surface area contributed by atoms with Crippen LogP contribution in [-0.4, -0.2) is 25.7 Å². The average molecular weight is 639 g/mol. The molecule has 0 atom stereocenters. The van der Waals surface area contributed by atoms with Crippen LogP contribution in [0.5, 0.6) is 0 Å². The third kappa shape index (κ3) is 38.6. The minimum Gasteiger partial charge on any atom is -0.0654 e. The van der Waals surface area contributed by atoms with E-state index < -0.39 is 7.26 Å². The Bertz CT molecular complexity index is 497. The van der Waals surface area contributed by atoms with Crippen molar-refractivity contribution in [2.45, 2.75) is 251 Å². The Hall–Kier alpha value is 0.430. The molecule has 0 aliphatic rings. The van der Waals surface area contributed by atoms with E-state index in [9.17, 15) is 0 Å². The Labute approximate surface area is 283 Å². The SMILES string of the molecule is CCCCCCCCCCCCCCCCCCCCC[PH](C)(C)CCCCCCCCCCCCCCCCCCCC. The molecule has 0 rings (SSSR count). The van der Waals surface area contributed by atoms with Gasteiger partial charge in [-0.3, -0.25) is 0 Å². The van der Waals surface area contributed by atoms with Crippen LogP contribution in [0.25, 0.3) is 0 Å². The summed E-state index contributed by atoms with van der Waals surface area (Å²) < 4.78 is 0. The molecule has 0 aliphatic heterocycles. The smallest absolute Gasteiger partial charge is 0.0654 e. The van der Waals surface area contributed by atoms with Gasteiger partial charge in [0.05, 0.1) is 0 Å². The van der Waals surface area contributed by atoms with Crippen molar-refractivity contribution in [1.82, 2.24) is 0 Å². The molecule has 0 unspecified atom stereocenters. The van der Waals surface area contributed by atoms with E-state index in [1.165, 1.54) is 238 Å². The molecule has 0 saturated carbocycles. The maximum absolute atomic E-state index is 2.68. The zero-order valence-corrected chi connectivity index (χ0v) is 33.1. The predicted octanol–water partition coefficient (Wildman–Crippen LogP) is 16.5. The molecule has 0 nitrogen and oxygen atoms in total. The van der Waals surface area contributed by atoms with Crippen LogP contribution in [-0.2, 0) is 0 Å². The molecule has 268 valence electrons. The van der Waals surface area contributed by atoms with Gasteiger partial charge < -0.3 is 0 Å². The molecule has 0 bridgehead atoms. The molecule has 0 heterocycles. The first-order valence-electron chi connectivity index (χ1n) is 21.6. The molecule has 44 heavy (non-hydrogen) atoms. The Morgan fingerprint density at radius 3 is 0.500 bits per heavy atom. The molecule has 1 heteroatoms. The third-order valence-electron chi connectivity index (χ3n) is 10.7. The van der Waals surface area contributed by atoms with Crippen LogP contribution in [0.15, 0.2) is 0 Å². The molecule has 0 N–H and O–H groups in total. The summed E-state index contributed by atoms with van der Waals surface area (Å²) in [5.41, 5.74) is 0. The fourth-order valence-electron chi connectivity index (χ4n) is 7.31. The summed E-state index contributed by atoms with van der Waals surface area (Å²) in [7, 11) is -0.926. The molecular weight excluding hydrogens is 547 g/mol. The first-order chi connectivity index (χ1) is 21.6. The van der Waals surface area contributed by atoms with Crippen LogP contribution in [0.4, 0.5) is 0 Å². The Balaban J connectivity index is 3.25. The average Bonchev–Trinajstić information content (AvgIpc) is 3.01. The van der Waals surface area contributed by atoms with Crippen molar-refractivity contribution in [3.63, 3.8) is 0 Å². The van der Waals surface area contributed by atoms with E-state index in [2.05, 4.69) is 27.2 Å². The molecule has 0 amide bonds. The second kappa shape index (κ2) is 37.9. The van der Waals surface area contributed by atoms with Crippen molar-refractivity contribution >= 4 is 7.26 Å². The molecule has 0 radical (unpaired) electrons. The molecule has 0 aromatic rings. The van der Waals surface area contributed by atoms with Crippen molar-refractivity contribution in [2.24, 2.45) is 0 Å². The predicted molar refractivity (Wildman–Crippen MR) is 212 cm³/mol. The van der Waals surface area contributed by atoms with E-state index in [1.54, 1.807) is 12.3 Å². The van der Waals surface area contributed by atoms with Gasteiger partial charge in [-0.15, -0.1) is 0 Å². The van der Waals surface area contributed by atoms with Gasteiger partial charge >= 0.3 is 174 Å². The summed E-state index contributed by atoms with van der Waals surface area (Å²) in [5.74, 6) is 0. The van der Waals surface area contributed by atoms with Gasteiger partial charge in [0.1, 0.15) is 0 Å². The Kier molecular flexibility index (Phi) is 38.3. The summed E-state index contributed by atoms with van der Waals surface area (Å²) in [5, 5.41) is 0. The van der Waals surface area contributed by atoms with Crippen LogP contribution in [0.2, 0.25) is 0 Å². The van der Waals surface area contributed by atoms with E-state index in [-0.39, 0.29) is 0 Å². The van der Waals surface area contributed by atoms with Gasteiger partial charge in [0.15, 0.2) is 0 Å². The second-order valence-electron chi connectivity index (χ2n) is 16.0. The van der Waals surface area contributed by atoms with Gasteiger partial charge in [-0.05, 0) is 0 Å². The molecule has 0 aromatic carbocycles. The monoisotopic (exact) mass is 639 g/mol. The van der Waals surface area contributed by atoms with Crippen molar-refractivity contribution in [1.29, 1.82) is 0 Å². The summed E-state index contributed by atoms with van der Waals surface area (Å²) >= 11 is 0. The van der Waals surface area contributed by atoms with Gasteiger partial charge in [-0.2, -0.15) is 0 Å². The van der Waals surface area contributed by atoms with E-state index >= 15 is 0 Å². The zero-order chi connectivity index (χ0) is 32.1. The van der Waals surface area contributed by atoms with Gasteiger partial charge in [0.25, 0.3) is 0 Å².